The van der Waals surface area contributed by atoms with Crippen molar-refractivity contribution in [3.8, 4) is 0 Å². The van der Waals surface area contributed by atoms with Crippen LogP contribution < -0.4 is 5.73 Å². The molecule has 0 unspecified atom stereocenters. The van der Waals surface area contributed by atoms with Gasteiger partial charge in [0.1, 0.15) is 0 Å². The number of fused-ring (bicyclic) bond motifs is 1. The van der Waals surface area contributed by atoms with Crippen molar-refractivity contribution in [3.63, 3.8) is 0 Å². The van der Waals surface area contributed by atoms with Crippen molar-refractivity contribution in [1.82, 2.24) is 9.55 Å². The number of ether oxygens (including phenoxy) is 1. The second-order valence-electron chi connectivity index (χ2n) is 5.32. The summed E-state index contributed by atoms with van der Waals surface area (Å²) in [7, 11) is 1.90. The standard InChI is InChI=1S/C16H21N3O3/c1-11(22-15(21)10-6-5-9-14(17)20)16-18-12-7-3-4-8-13(12)19(16)2/h3-4,7-8,11H,5-6,9-10H2,1-2H3,(H2,17,20)/t11-/m1/s1. The summed E-state index contributed by atoms with van der Waals surface area (Å²) in [4.78, 5) is 27.0. The summed E-state index contributed by atoms with van der Waals surface area (Å²) in [5.74, 6) is 0.0807. The number of amides is 1. The molecule has 1 aromatic heterocycles. The quantitative estimate of drug-likeness (QED) is 0.627. The Balaban J connectivity index is 1.93. The average Bonchev–Trinajstić information content (AvgIpc) is 2.81. The van der Waals surface area contributed by atoms with E-state index in [-0.39, 0.29) is 18.3 Å². The van der Waals surface area contributed by atoms with E-state index in [0.29, 0.717) is 25.1 Å². The first-order valence-electron chi connectivity index (χ1n) is 7.38. The van der Waals surface area contributed by atoms with Crippen molar-refractivity contribution in [3.05, 3.63) is 30.1 Å². The summed E-state index contributed by atoms with van der Waals surface area (Å²) >= 11 is 0. The molecule has 0 fully saturated rings. The Morgan fingerprint density at radius 2 is 1.95 bits per heavy atom. The lowest BCUT2D eigenvalue weighted by Gasteiger charge is -2.13. The summed E-state index contributed by atoms with van der Waals surface area (Å²) in [5.41, 5.74) is 6.93. The highest BCUT2D eigenvalue weighted by atomic mass is 16.5. The van der Waals surface area contributed by atoms with Crippen LogP contribution in [0.4, 0.5) is 0 Å². The number of unbranched alkanes of at least 4 members (excludes halogenated alkanes) is 1. The predicted octanol–water partition coefficient (Wildman–Crippen LogP) is 2.22. The number of benzene rings is 1. The van der Waals surface area contributed by atoms with E-state index in [1.54, 1.807) is 0 Å². The number of aryl methyl sites for hydroxylation is 1. The number of carbonyl (C=O) groups is 2. The molecule has 22 heavy (non-hydrogen) atoms. The molecule has 0 saturated carbocycles. The number of carbonyl (C=O) groups excluding carboxylic acids is 2. The molecule has 1 heterocycles. The maximum Gasteiger partial charge on any atom is 0.306 e. The zero-order chi connectivity index (χ0) is 16.1. The Hall–Kier alpha value is -2.37. The van der Waals surface area contributed by atoms with E-state index < -0.39 is 6.10 Å². The maximum absolute atomic E-state index is 11.8. The third-order valence-electron chi connectivity index (χ3n) is 3.55. The first-order chi connectivity index (χ1) is 10.5. The second-order valence-corrected chi connectivity index (χ2v) is 5.32. The van der Waals surface area contributed by atoms with Gasteiger partial charge in [-0.2, -0.15) is 0 Å². The van der Waals surface area contributed by atoms with Gasteiger partial charge in [-0.25, -0.2) is 4.98 Å². The minimum Gasteiger partial charge on any atom is -0.454 e. The number of esters is 1. The third kappa shape index (κ3) is 3.84. The van der Waals surface area contributed by atoms with Crippen LogP contribution in [-0.4, -0.2) is 21.4 Å². The molecule has 0 radical (unpaired) electrons. The Morgan fingerprint density at radius 3 is 2.64 bits per heavy atom. The molecule has 0 spiro atoms. The van der Waals surface area contributed by atoms with Gasteiger partial charge in [0.25, 0.3) is 0 Å². The molecular formula is C16H21N3O3. The Kier molecular flexibility index (Phi) is 5.14. The molecule has 1 atom stereocenters. The summed E-state index contributed by atoms with van der Waals surface area (Å²) in [6, 6.07) is 7.78. The number of aromatic nitrogens is 2. The highest BCUT2D eigenvalue weighted by Gasteiger charge is 2.18. The van der Waals surface area contributed by atoms with Crippen molar-refractivity contribution < 1.29 is 14.3 Å². The molecular weight excluding hydrogens is 282 g/mol. The van der Waals surface area contributed by atoms with E-state index in [0.717, 1.165) is 11.0 Å². The monoisotopic (exact) mass is 303 g/mol. The van der Waals surface area contributed by atoms with Gasteiger partial charge in [-0.3, -0.25) is 9.59 Å². The van der Waals surface area contributed by atoms with Gasteiger partial charge >= 0.3 is 5.97 Å². The van der Waals surface area contributed by atoms with Crippen LogP contribution in [0.15, 0.2) is 24.3 Å². The first kappa shape index (κ1) is 16.0. The summed E-state index contributed by atoms with van der Waals surface area (Å²) in [6.07, 6.45) is 1.36. The van der Waals surface area contributed by atoms with E-state index in [4.69, 9.17) is 10.5 Å². The summed E-state index contributed by atoms with van der Waals surface area (Å²) in [5, 5.41) is 0. The van der Waals surface area contributed by atoms with Gasteiger partial charge in [0.05, 0.1) is 11.0 Å². The highest BCUT2D eigenvalue weighted by molar-refractivity contribution is 5.76. The highest BCUT2D eigenvalue weighted by Crippen LogP contribution is 2.22. The molecule has 118 valence electrons. The molecule has 0 bridgehead atoms. The van der Waals surface area contributed by atoms with Crippen LogP contribution >= 0.6 is 0 Å². The normalized spacial score (nSPS) is 12.3. The largest absolute Gasteiger partial charge is 0.454 e. The molecule has 1 aromatic carbocycles. The van der Waals surface area contributed by atoms with E-state index in [9.17, 15) is 9.59 Å². The van der Waals surface area contributed by atoms with Crippen LogP contribution in [0.5, 0.6) is 0 Å². The van der Waals surface area contributed by atoms with Crippen LogP contribution in [0.2, 0.25) is 0 Å². The number of hydrogen-bond acceptors (Lipinski definition) is 4. The fourth-order valence-corrected chi connectivity index (χ4v) is 2.41. The number of rotatable bonds is 7. The van der Waals surface area contributed by atoms with Crippen molar-refractivity contribution in [2.24, 2.45) is 12.8 Å². The van der Waals surface area contributed by atoms with Crippen molar-refractivity contribution >= 4 is 22.9 Å². The van der Waals surface area contributed by atoms with Crippen molar-refractivity contribution in [2.75, 3.05) is 0 Å². The van der Waals surface area contributed by atoms with Gasteiger partial charge in [-0.15, -0.1) is 0 Å². The molecule has 2 aromatic rings. The molecule has 6 heteroatoms. The minimum atomic E-state index is -0.416. The number of nitrogens with zero attached hydrogens (tertiary/aromatic N) is 2. The summed E-state index contributed by atoms with van der Waals surface area (Å²) in [6.45, 7) is 1.81. The van der Waals surface area contributed by atoms with Crippen LogP contribution in [0.25, 0.3) is 11.0 Å². The van der Waals surface area contributed by atoms with Crippen LogP contribution in [-0.2, 0) is 21.4 Å². The van der Waals surface area contributed by atoms with Gasteiger partial charge in [0, 0.05) is 19.9 Å². The van der Waals surface area contributed by atoms with Gasteiger partial charge in [-0.05, 0) is 31.9 Å². The zero-order valence-electron chi connectivity index (χ0n) is 12.9. The lowest BCUT2D eigenvalue weighted by Crippen LogP contribution is -2.13. The first-order valence-corrected chi connectivity index (χ1v) is 7.38. The fraction of sp³-hybridized carbons (Fsp3) is 0.438. The SMILES string of the molecule is C[C@@H](OC(=O)CCCCC(N)=O)c1nc2ccccc2n1C. The molecule has 1 amide bonds. The van der Waals surface area contributed by atoms with Crippen LogP contribution in [0.1, 0.15) is 44.5 Å². The van der Waals surface area contributed by atoms with Gasteiger partial charge < -0.3 is 15.0 Å². The smallest absolute Gasteiger partial charge is 0.306 e. The molecule has 2 rings (SSSR count). The second kappa shape index (κ2) is 7.06. The number of hydrogen-bond donors (Lipinski definition) is 1. The molecule has 6 nitrogen and oxygen atoms in total. The fourth-order valence-electron chi connectivity index (χ4n) is 2.41. The molecule has 0 saturated heterocycles. The average molecular weight is 303 g/mol. The molecule has 0 aliphatic rings. The van der Waals surface area contributed by atoms with Crippen molar-refractivity contribution in [2.45, 2.75) is 38.7 Å². The third-order valence-corrected chi connectivity index (χ3v) is 3.55. The van der Waals surface area contributed by atoms with E-state index in [2.05, 4.69) is 4.98 Å². The van der Waals surface area contributed by atoms with Gasteiger partial charge in [0.2, 0.25) is 5.91 Å². The predicted molar refractivity (Wildman–Crippen MR) is 82.9 cm³/mol. The minimum absolute atomic E-state index is 0.279. The van der Waals surface area contributed by atoms with Crippen LogP contribution in [0.3, 0.4) is 0 Å². The van der Waals surface area contributed by atoms with Gasteiger partial charge in [-0.1, -0.05) is 12.1 Å². The number of imidazole rings is 1. The molecule has 2 N–H and O–H groups in total. The topological polar surface area (TPSA) is 87.2 Å². The van der Waals surface area contributed by atoms with Gasteiger partial charge in [0.15, 0.2) is 11.9 Å². The molecule has 0 aliphatic heterocycles. The van der Waals surface area contributed by atoms with E-state index in [1.165, 1.54) is 0 Å². The van der Waals surface area contributed by atoms with Crippen LogP contribution in [0, 0.1) is 0 Å². The van der Waals surface area contributed by atoms with Crippen molar-refractivity contribution in [1.29, 1.82) is 0 Å². The maximum atomic E-state index is 11.8. The number of para-hydroxylation sites is 2. The molecule has 0 aliphatic carbocycles. The Morgan fingerprint density at radius 1 is 1.27 bits per heavy atom. The summed E-state index contributed by atoms with van der Waals surface area (Å²) < 4.78 is 7.35. The number of nitrogens with two attached hydrogens (primary N) is 1. The van der Waals surface area contributed by atoms with E-state index >= 15 is 0 Å². The Bertz CT molecular complexity index is 678. The zero-order valence-corrected chi connectivity index (χ0v) is 12.9. The lowest BCUT2D eigenvalue weighted by molar-refractivity contribution is -0.149. The van der Waals surface area contributed by atoms with E-state index in [1.807, 2.05) is 42.8 Å². The number of primary amides is 1. The Labute approximate surface area is 129 Å². The lowest BCUT2D eigenvalue weighted by atomic mass is 10.2.